The van der Waals surface area contributed by atoms with E-state index in [4.69, 9.17) is 9.47 Å². The number of hydrogen-bond acceptors (Lipinski definition) is 6. The summed E-state index contributed by atoms with van der Waals surface area (Å²) < 4.78 is 11.9. The van der Waals surface area contributed by atoms with Crippen LogP contribution < -0.4 is 9.47 Å². The van der Waals surface area contributed by atoms with E-state index in [1.807, 2.05) is 12.1 Å². The molecule has 2 unspecified atom stereocenters. The molecule has 0 aliphatic carbocycles. The van der Waals surface area contributed by atoms with Crippen LogP contribution in [0, 0.1) is 5.92 Å². The number of carbonyl (C=O) groups is 3. The van der Waals surface area contributed by atoms with E-state index in [-0.39, 0.29) is 24.0 Å². The van der Waals surface area contributed by atoms with Gasteiger partial charge in [-0.05, 0) is 36.1 Å². The fourth-order valence-electron chi connectivity index (χ4n) is 3.52. The lowest BCUT2D eigenvalue weighted by Gasteiger charge is -2.36. The normalized spacial score (nSPS) is 16.2. The molecule has 0 radical (unpaired) electrons. The highest BCUT2D eigenvalue weighted by atomic mass is 32.2. The molecule has 0 fully saturated rings. The molecular weight excluding hydrogens is 430 g/mol. The molecule has 0 saturated carbocycles. The third-order valence-electron chi connectivity index (χ3n) is 5.43. The number of fused-ring (bicyclic) bond motifs is 1. The molecule has 0 spiro atoms. The van der Waals surface area contributed by atoms with Crippen molar-refractivity contribution in [2.45, 2.75) is 72.4 Å². The minimum Gasteiger partial charge on any atom is -0.490 e. The molecule has 1 aromatic rings. The molecule has 178 valence electrons. The average molecular weight is 466 g/mol. The third-order valence-corrected chi connectivity index (χ3v) is 6.51. The maximum absolute atomic E-state index is 13.1. The van der Waals surface area contributed by atoms with E-state index in [0.717, 1.165) is 48.6 Å². The van der Waals surface area contributed by atoms with Crippen LogP contribution in [-0.4, -0.2) is 52.0 Å². The number of unbranched alkanes of at least 4 members (excludes halogenated alkanes) is 2. The standard InChI is InChI=1S/C24H35NO6S/c1-5-7-9-30-21-12-18-11-20(24(28)29)25(23(27)16(3)15-32-17(4)26)14-19(18)13-22(21)31-10-8-6-2/h12-13,16,20H,5-11,14-15H2,1-4H3,(H,28,29). The van der Waals surface area contributed by atoms with Crippen LogP contribution in [0.25, 0.3) is 0 Å². The lowest BCUT2D eigenvalue weighted by atomic mass is 9.92. The smallest absolute Gasteiger partial charge is 0.326 e. The van der Waals surface area contributed by atoms with Gasteiger partial charge in [0.05, 0.1) is 13.2 Å². The van der Waals surface area contributed by atoms with Gasteiger partial charge < -0.3 is 19.5 Å². The number of nitrogens with zero attached hydrogens (tertiary/aromatic N) is 1. The highest BCUT2D eigenvalue weighted by Crippen LogP contribution is 2.36. The number of thioether (sulfide) groups is 1. The highest BCUT2D eigenvalue weighted by molar-refractivity contribution is 8.13. The molecule has 2 atom stereocenters. The van der Waals surface area contributed by atoms with Crippen molar-refractivity contribution in [2.75, 3.05) is 19.0 Å². The maximum atomic E-state index is 13.1. The fraction of sp³-hybridized carbons (Fsp3) is 0.625. The Hall–Kier alpha value is -2.22. The van der Waals surface area contributed by atoms with Gasteiger partial charge in [0.15, 0.2) is 16.6 Å². The monoisotopic (exact) mass is 465 g/mol. The molecule has 7 nitrogen and oxygen atoms in total. The average Bonchev–Trinajstić information content (AvgIpc) is 2.76. The first kappa shape index (κ1) is 26.0. The number of aliphatic carboxylic acids is 1. The molecule has 32 heavy (non-hydrogen) atoms. The van der Waals surface area contributed by atoms with Crippen LogP contribution >= 0.6 is 11.8 Å². The molecule has 1 N–H and O–H groups in total. The van der Waals surface area contributed by atoms with Gasteiger partial charge in [-0.2, -0.15) is 0 Å². The van der Waals surface area contributed by atoms with Crippen LogP contribution in [0.1, 0.15) is 64.5 Å². The van der Waals surface area contributed by atoms with Gasteiger partial charge in [-0.15, -0.1) is 0 Å². The quantitative estimate of drug-likeness (QED) is 0.460. The van der Waals surface area contributed by atoms with E-state index in [2.05, 4.69) is 13.8 Å². The highest BCUT2D eigenvalue weighted by Gasteiger charge is 2.37. The van der Waals surface area contributed by atoms with Crippen LogP contribution in [0.5, 0.6) is 11.5 Å². The molecule has 1 aliphatic heterocycles. The lowest BCUT2D eigenvalue weighted by molar-refractivity contribution is -0.152. The van der Waals surface area contributed by atoms with Gasteiger partial charge in [-0.3, -0.25) is 9.59 Å². The van der Waals surface area contributed by atoms with Crippen molar-refractivity contribution >= 4 is 28.8 Å². The van der Waals surface area contributed by atoms with Crippen LogP contribution in [0.2, 0.25) is 0 Å². The zero-order valence-corrected chi connectivity index (χ0v) is 20.3. The zero-order valence-electron chi connectivity index (χ0n) is 19.5. The molecule has 1 amide bonds. The van der Waals surface area contributed by atoms with E-state index in [1.54, 1.807) is 6.92 Å². The summed E-state index contributed by atoms with van der Waals surface area (Å²) in [5, 5.41) is 9.75. The van der Waals surface area contributed by atoms with Gasteiger partial charge in [0, 0.05) is 31.6 Å². The van der Waals surface area contributed by atoms with Crippen molar-refractivity contribution in [1.82, 2.24) is 4.90 Å². The minimum absolute atomic E-state index is 0.0621. The van der Waals surface area contributed by atoms with Crippen molar-refractivity contribution in [3.8, 4) is 11.5 Å². The number of carboxylic acids is 1. The second kappa shape index (κ2) is 12.7. The number of benzene rings is 1. The second-order valence-electron chi connectivity index (χ2n) is 8.20. The molecule has 0 saturated heterocycles. The van der Waals surface area contributed by atoms with Crippen LogP contribution in [0.3, 0.4) is 0 Å². The number of ether oxygens (including phenoxy) is 2. The first-order valence-electron chi connectivity index (χ1n) is 11.4. The summed E-state index contributed by atoms with van der Waals surface area (Å²) in [5.74, 6) is -0.151. The summed E-state index contributed by atoms with van der Waals surface area (Å²) >= 11 is 1.08. The van der Waals surface area contributed by atoms with E-state index >= 15 is 0 Å². The molecule has 8 heteroatoms. The Morgan fingerprint density at radius 2 is 1.66 bits per heavy atom. The molecule has 0 aromatic heterocycles. The largest absolute Gasteiger partial charge is 0.490 e. The Morgan fingerprint density at radius 1 is 1.09 bits per heavy atom. The number of hydrogen-bond donors (Lipinski definition) is 1. The Bertz CT molecular complexity index is 812. The summed E-state index contributed by atoms with van der Waals surface area (Å²) in [6.07, 6.45) is 4.07. The minimum atomic E-state index is -1.04. The van der Waals surface area contributed by atoms with E-state index in [1.165, 1.54) is 11.8 Å². The van der Waals surface area contributed by atoms with Crippen molar-refractivity contribution in [1.29, 1.82) is 0 Å². The Labute approximate surface area is 194 Å². The SMILES string of the molecule is CCCCOc1cc2c(cc1OCCCC)CN(C(=O)C(C)CSC(C)=O)C(C(=O)O)C2. The van der Waals surface area contributed by atoms with E-state index < -0.39 is 17.9 Å². The number of amides is 1. The van der Waals surface area contributed by atoms with Gasteiger partial charge in [0.25, 0.3) is 0 Å². The van der Waals surface area contributed by atoms with Gasteiger partial charge in [-0.25, -0.2) is 4.79 Å². The van der Waals surface area contributed by atoms with Crippen molar-refractivity contribution < 1.29 is 29.0 Å². The van der Waals surface area contributed by atoms with Crippen LogP contribution in [0.4, 0.5) is 0 Å². The van der Waals surface area contributed by atoms with Gasteiger partial charge in [-0.1, -0.05) is 45.4 Å². The summed E-state index contributed by atoms with van der Waals surface area (Å²) in [6.45, 7) is 8.70. The summed E-state index contributed by atoms with van der Waals surface area (Å²) in [5.41, 5.74) is 1.73. The first-order chi connectivity index (χ1) is 15.3. The molecule has 0 bridgehead atoms. The predicted octanol–water partition coefficient (Wildman–Crippen LogP) is 4.30. The van der Waals surface area contributed by atoms with Crippen LogP contribution in [-0.2, 0) is 27.3 Å². The van der Waals surface area contributed by atoms with E-state index in [0.29, 0.717) is 30.5 Å². The molecule has 2 rings (SSSR count). The summed E-state index contributed by atoms with van der Waals surface area (Å²) in [4.78, 5) is 37.7. The summed E-state index contributed by atoms with van der Waals surface area (Å²) in [7, 11) is 0. The number of rotatable bonds is 12. The molecular formula is C24H35NO6S. The van der Waals surface area contributed by atoms with Gasteiger partial charge in [0.1, 0.15) is 6.04 Å². The topological polar surface area (TPSA) is 93.1 Å². The summed E-state index contributed by atoms with van der Waals surface area (Å²) in [6, 6.07) is 2.81. The van der Waals surface area contributed by atoms with Crippen molar-refractivity contribution in [3.63, 3.8) is 0 Å². The maximum Gasteiger partial charge on any atom is 0.326 e. The lowest BCUT2D eigenvalue weighted by Crippen LogP contribution is -2.50. The fourth-order valence-corrected chi connectivity index (χ4v) is 4.15. The molecule has 1 aromatic carbocycles. The first-order valence-corrected chi connectivity index (χ1v) is 12.3. The van der Waals surface area contributed by atoms with Crippen molar-refractivity contribution in [2.24, 2.45) is 5.92 Å². The molecule has 1 heterocycles. The third kappa shape index (κ3) is 7.15. The number of carbonyl (C=O) groups excluding carboxylic acids is 2. The Balaban J connectivity index is 2.30. The molecule has 1 aliphatic rings. The predicted molar refractivity (Wildman–Crippen MR) is 125 cm³/mol. The number of carboxylic acid groups (broad SMARTS) is 1. The Morgan fingerprint density at radius 3 is 2.16 bits per heavy atom. The second-order valence-corrected chi connectivity index (χ2v) is 9.40. The van der Waals surface area contributed by atoms with E-state index in [9.17, 15) is 19.5 Å². The van der Waals surface area contributed by atoms with Gasteiger partial charge in [0.2, 0.25) is 5.91 Å². The van der Waals surface area contributed by atoms with Crippen molar-refractivity contribution in [3.05, 3.63) is 23.3 Å². The van der Waals surface area contributed by atoms with Gasteiger partial charge >= 0.3 is 5.97 Å². The zero-order chi connectivity index (χ0) is 23.7. The van der Waals surface area contributed by atoms with Crippen LogP contribution in [0.15, 0.2) is 12.1 Å². The Kier molecular flexibility index (Phi) is 10.4.